The Hall–Kier alpha value is -3.06. The smallest absolute Gasteiger partial charge is 0.223 e. The van der Waals surface area contributed by atoms with Crippen molar-refractivity contribution in [1.82, 2.24) is 24.5 Å². The van der Waals surface area contributed by atoms with Crippen LogP contribution in [-0.2, 0) is 13.6 Å². The lowest BCUT2D eigenvalue weighted by atomic mass is 10.2. The summed E-state index contributed by atoms with van der Waals surface area (Å²) in [5.41, 5.74) is 2.88. The molecule has 0 fully saturated rings. The Morgan fingerprint density at radius 2 is 2.08 bits per heavy atom. The topological polar surface area (TPSA) is 68.5 Å². The second-order valence-electron chi connectivity index (χ2n) is 5.51. The van der Waals surface area contributed by atoms with Gasteiger partial charge in [0, 0.05) is 44.6 Å². The number of anilines is 1. The number of hydrogen-bond acceptors (Lipinski definition) is 6. The predicted octanol–water partition coefficient (Wildman–Crippen LogP) is 3.61. The molecule has 0 atom stereocenters. The van der Waals surface area contributed by atoms with Crippen LogP contribution < -0.4 is 5.32 Å². The van der Waals surface area contributed by atoms with Crippen molar-refractivity contribution in [3.05, 3.63) is 66.2 Å². The first-order chi connectivity index (χ1) is 12.3. The number of imidazole rings is 1. The summed E-state index contributed by atoms with van der Waals surface area (Å²) in [6.07, 6.45) is 9.12. The summed E-state index contributed by atoms with van der Waals surface area (Å²) >= 11 is 1.65. The first-order valence-corrected chi connectivity index (χ1v) is 8.70. The van der Waals surface area contributed by atoms with Gasteiger partial charge in [-0.15, -0.1) is 11.3 Å². The summed E-state index contributed by atoms with van der Waals surface area (Å²) in [7, 11) is 1.97. The summed E-state index contributed by atoms with van der Waals surface area (Å²) < 4.78 is 1.97. The zero-order chi connectivity index (χ0) is 17.1. The summed E-state index contributed by atoms with van der Waals surface area (Å²) in [4.78, 5) is 18.9. The van der Waals surface area contributed by atoms with Gasteiger partial charge in [0.15, 0.2) is 0 Å². The van der Waals surface area contributed by atoms with Gasteiger partial charge in [0.1, 0.15) is 5.82 Å². The highest BCUT2D eigenvalue weighted by atomic mass is 32.1. The molecule has 0 bridgehead atoms. The monoisotopic (exact) mass is 348 g/mol. The van der Waals surface area contributed by atoms with E-state index >= 15 is 0 Å². The molecular weight excluding hydrogens is 332 g/mol. The predicted molar refractivity (Wildman–Crippen MR) is 99.1 cm³/mol. The van der Waals surface area contributed by atoms with Gasteiger partial charge < -0.3 is 9.88 Å². The average Bonchev–Trinajstić information content (AvgIpc) is 3.32. The lowest BCUT2D eigenvalue weighted by molar-refractivity contribution is 0.921. The van der Waals surface area contributed by atoms with E-state index in [0.29, 0.717) is 12.5 Å². The quantitative estimate of drug-likeness (QED) is 0.597. The van der Waals surface area contributed by atoms with Crippen molar-refractivity contribution < 1.29 is 0 Å². The normalized spacial score (nSPS) is 10.8. The van der Waals surface area contributed by atoms with Crippen LogP contribution >= 0.6 is 11.3 Å². The molecule has 0 aliphatic heterocycles. The van der Waals surface area contributed by atoms with Crippen LogP contribution in [0.3, 0.4) is 0 Å². The highest BCUT2D eigenvalue weighted by Crippen LogP contribution is 2.32. The van der Waals surface area contributed by atoms with Gasteiger partial charge in [-0.05, 0) is 23.1 Å². The zero-order valence-corrected chi connectivity index (χ0v) is 14.4. The van der Waals surface area contributed by atoms with Crippen LogP contribution in [0.4, 0.5) is 5.95 Å². The third-order valence-electron chi connectivity index (χ3n) is 3.78. The Morgan fingerprint density at radius 1 is 1.12 bits per heavy atom. The van der Waals surface area contributed by atoms with Gasteiger partial charge in [-0.3, -0.25) is 4.98 Å². The molecule has 0 radical (unpaired) electrons. The van der Waals surface area contributed by atoms with E-state index in [1.54, 1.807) is 23.7 Å². The number of aryl methyl sites for hydroxylation is 1. The van der Waals surface area contributed by atoms with E-state index in [1.165, 1.54) is 0 Å². The average molecular weight is 348 g/mol. The third kappa shape index (κ3) is 3.27. The number of hydrogen-bond donors (Lipinski definition) is 1. The molecule has 0 spiro atoms. The van der Waals surface area contributed by atoms with E-state index in [0.717, 1.165) is 27.5 Å². The second-order valence-corrected chi connectivity index (χ2v) is 6.46. The Labute approximate surface area is 149 Å². The molecule has 0 saturated heterocycles. The fourth-order valence-corrected chi connectivity index (χ4v) is 3.27. The maximum atomic E-state index is 4.74. The van der Waals surface area contributed by atoms with Gasteiger partial charge in [-0.1, -0.05) is 12.1 Å². The van der Waals surface area contributed by atoms with Gasteiger partial charge in [0.05, 0.1) is 16.1 Å². The highest BCUT2D eigenvalue weighted by molar-refractivity contribution is 7.13. The molecule has 4 aromatic heterocycles. The molecule has 4 rings (SSSR count). The SMILES string of the molecule is Cn1ccnc1-c1cnc(NCc2cccnc2)nc1-c1cccs1. The van der Waals surface area contributed by atoms with Crippen LogP contribution in [-0.4, -0.2) is 24.5 Å². The summed E-state index contributed by atoms with van der Waals surface area (Å²) in [6.45, 7) is 0.624. The molecule has 25 heavy (non-hydrogen) atoms. The van der Waals surface area contributed by atoms with Crippen molar-refractivity contribution in [3.63, 3.8) is 0 Å². The maximum Gasteiger partial charge on any atom is 0.223 e. The van der Waals surface area contributed by atoms with E-state index in [-0.39, 0.29) is 0 Å². The number of nitrogens with one attached hydrogen (secondary N) is 1. The van der Waals surface area contributed by atoms with Crippen molar-refractivity contribution in [2.75, 3.05) is 5.32 Å². The molecule has 0 aliphatic rings. The largest absolute Gasteiger partial charge is 0.350 e. The minimum Gasteiger partial charge on any atom is -0.350 e. The van der Waals surface area contributed by atoms with E-state index in [2.05, 4.69) is 26.3 Å². The molecule has 6 nitrogen and oxygen atoms in total. The van der Waals surface area contributed by atoms with Gasteiger partial charge >= 0.3 is 0 Å². The third-order valence-corrected chi connectivity index (χ3v) is 4.66. The minimum atomic E-state index is 0.588. The van der Waals surface area contributed by atoms with Crippen LogP contribution in [0.5, 0.6) is 0 Å². The van der Waals surface area contributed by atoms with E-state index in [1.807, 2.05) is 53.8 Å². The van der Waals surface area contributed by atoms with Crippen LogP contribution in [0.15, 0.2) is 60.6 Å². The molecule has 0 aromatic carbocycles. The lowest BCUT2D eigenvalue weighted by Gasteiger charge is -2.10. The van der Waals surface area contributed by atoms with E-state index < -0.39 is 0 Å². The lowest BCUT2D eigenvalue weighted by Crippen LogP contribution is -2.05. The first kappa shape index (κ1) is 15.5. The first-order valence-electron chi connectivity index (χ1n) is 7.82. The Bertz CT molecular complexity index is 962. The Morgan fingerprint density at radius 3 is 2.80 bits per heavy atom. The van der Waals surface area contributed by atoms with Gasteiger partial charge in [0.2, 0.25) is 5.95 Å². The number of aromatic nitrogens is 5. The molecule has 124 valence electrons. The summed E-state index contributed by atoms with van der Waals surface area (Å²) in [5, 5.41) is 5.31. The summed E-state index contributed by atoms with van der Waals surface area (Å²) in [5.74, 6) is 1.44. The van der Waals surface area contributed by atoms with Crippen molar-refractivity contribution in [3.8, 4) is 22.0 Å². The summed E-state index contributed by atoms with van der Waals surface area (Å²) in [6, 6.07) is 8.01. The van der Waals surface area contributed by atoms with Crippen molar-refractivity contribution in [2.45, 2.75) is 6.54 Å². The Balaban J connectivity index is 1.69. The fraction of sp³-hybridized carbons (Fsp3) is 0.111. The fourth-order valence-electron chi connectivity index (χ4n) is 2.54. The number of rotatable bonds is 5. The second kappa shape index (κ2) is 6.82. The molecule has 1 N–H and O–H groups in total. The van der Waals surface area contributed by atoms with Crippen molar-refractivity contribution in [2.24, 2.45) is 7.05 Å². The molecule has 0 amide bonds. The van der Waals surface area contributed by atoms with Gasteiger partial charge in [0.25, 0.3) is 0 Å². The number of nitrogens with zero attached hydrogens (tertiary/aromatic N) is 5. The number of pyridine rings is 1. The molecular formula is C18H16N6S. The van der Waals surface area contributed by atoms with Crippen LogP contribution in [0.2, 0.25) is 0 Å². The van der Waals surface area contributed by atoms with Crippen molar-refractivity contribution >= 4 is 17.3 Å². The molecule has 7 heteroatoms. The van der Waals surface area contributed by atoms with Crippen molar-refractivity contribution in [1.29, 1.82) is 0 Å². The standard InChI is InChI=1S/C18H16N6S/c1-24-8-7-20-17(24)14-12-22-18(21-11-13-4-2-6-19-10-13)23-16(14)15-5-3-9-25-15/h2-10,12H,11H2,1H3,(H,21,22,23). The highest BCUT2D eigenvalue weighted by Gasteiger charge is 2.15. The maximum absolute atomic E-state index is 4.74. The molecule has 4 heterocycles. The van der Waals surface area contributed by atoms with Gasteiger partial charge in [-0.25, -0.2) is 15.0 Å². The van der Waals surface area contributed by atoms with Crippen LogP contribution in [0.25, 0.3) is 22.0 Å². The zero-order valence-electron chi connectivity index (χ0n) is 13.6. The van der Waals surface area contributed by atoms with E-state index in [4.69, 9.17) is 4.98 Å². The molecule has 0 saturated carbocycles. The molecule has 0 unspecified atom stereocenters. The van der Waals surface area contributed by atoms with Gasteiger partial charge in [-0.2, -0.15) is 0 Å². The minimum absolute atomic E-state index is 0.588. The Kier molecular flexibility index (Phi) is 4.22. The van der Waals surface area contributed by atoms with Crippen LogP contribution in [0.1, 0.15) is 5.56 Å². The van der Waals surface area contributed by atoms with E-state index in [9.17, 15) is 0 Å². The van der Waals surface area contributed by atoms with Crippen LogP contribution in [0, 0.1) is 0 Å². The molecule has 0 aliphatic carbocycles. The number of thiophene rings is 1. The molecule has 4 aromatic rings.